The number of amides is 2. The summed E-state index contributed by atoms with van der Waals surface area (Å²) in [5, 5.41) is 17.9. The van der Waals surface area contributed by atoms with Crippen LogP contribution in [0, 0.1) is 12.8 Å². The van der Waals surface area contributed by atoms with E-state index in [9.17, 15) is 9.59 Å². The first kappa shape index (κ1) is 23.3. The maximum atomic E-state index is 12.1. The van der Waals surface area contributed by atoms with E-state index in [4.69, 9.17) is 4.52 Å². The van der Waals surface area contributed by atoms with E-state index in [2.05, 4.69) is 31.0 Å². The SMILES string of the molecule is Cc1ccc(-c2noc(CCCC(=O)NCCCCNC3=C4C=CC=CC4C(=O)N=N3)n2)cc1. The molecule has 1 atom stereocenters. The van der Waals surface area contributed by atoms with E-state index in [-0.39, 0.29) is 17.7 Å². The number of rotatable bonds is 11. The van der Waals surface area contributed by atoms with Crippen molar-refractivity contribution < 1.29 is 14.1 Å². The molecule has 176 valence electrons. The highest BCUT2D eigenvalue weighted by Crippen LogP contribution is 2.27. The van der Waals surface area contributed by atoms with Crippen LogP contribution in [0.15, 0.2) is 74.7 Å². The first-order valence-corrected chi connectivity index (χ1v) is 11.5. The molecule has 0 saturated heterocycles. The number of unbranched alkanes of at least 4 members (excludes halogenated alkanes) is 1. The minimum Gasteiger partial charge on any atom is -0.368 e. The molecular weight excluding hydrogens is 432 g/mol. The Hall–Kier alpha value is -3.88. The molecule has 0 bridgehead atoms. The van der Waals surface area contributed by atoms with Crippen LogP contribution in [0.1, 0.15) is 37.1 Å². The highest BCUT2D eigenvalue weighted by atomic mass is 16.5. The van der Waals surface area contributed by atoms with Crippen LogP contribution in [0.2, 0.25) is 0 Å². The van der Waals surface area contributed by atoms with Gasteiger partial charge in [0.1, 0.15) is 0 Å². The number of carbonyl (C=O) groups is 2. The summed E-state index contributed by atoms with van der Waals surface area (Å²) in [5.74, 6) is 1.17. The van der Waals surface area contributed by atoms with Crippen molar-refractivity contribution in [1.29, 1.82) is 0 Å². The molecule has 9 heteroatoms. The van der Waals surface area contributed by atoms with Crippen LogP contribution >= 0.6 is 0 Å². The minimum absolute atomic E-state index is 0.0118. The number of fused-ring (bicyclic) bond motifs is 1. The van der Waals surface area contributed by atoms with Crippen LogP contribution in [0.4, 0.5) is 0 Å². The van der Waals surface area contributed by atoms with Crippen LogP contribution in [-0.2, 0) is 16.0 Å². The van der Waals surface area contributed by atoms with Gasteiger partial charge >= 0.3 is 0 Å². The van der Waals surface area contributed by atoms with Crippen molar-refractivity contribution in [2.45, 2.75) is 39.0 Å². The third-order valence-corrected chi connectivity index (χ3v) is 5.60. The molecule has 2 amide bonds. The van der Waals surface area contributed by atoms with Gasteiger partial charge in [0.05, 0.1) is 5.92 Å². The summed E-state index contributed by atoms with van der Waals surface area (Å²) in [6.07, 6.45) is 10.8. The molecule has 4 rings (SSSR count). The summed E-state index contributed by atoms with van der Waals surface area (Å²) in [7, 11) is 0. The molecule has 0 radical (unpaired) electrons. The monoisotopic (exact) mass is 460 g/mol. The van der Waals surface area contributed by atoms with E-state index in [1.54, 1.807) is 0 Å². The molecule has 0 saturated carbocycles. The number of allylic oxidation sites excluding steroid dienone is 3. The van der Waals surface area contributed by atoms with Crippen molar-refractivity contribution in [2.75, 3.05) is 13.1 Å². The molecular formula is C25H28N6O3. The normalized spacial score (nSPS) is 16.6. The molecule has 1 aromatic heterocycles. The zero-order valence-electron chi connectivity index (χ0n) is 19.2. The summed E-state index contributed by atoms with van der Waals surface area (Å²) >= 11 is 0. The van der Waals surface area contributed by atoms with Crippen LogP contribution in [0.25, 0.3) is 11.4 Å². The summed E-state index contributed by atoms with van der Waals surface area (Å²) in [5.41, 5.74) is 2.94. The highest BCUT2D eigenvalue weighted by Gasteiger charge is 2.26. The van der Waals surface area contributed by atoms with Crippen molar-refractivity contribution in [3.05, 3.63) is 71.4 Å². The number of aryl methyl sites for hydroxylation is 2. The standard InChI is InChI=1S/C25H28N6O3/c1-17-11-13-18(14-12-17)23-28-22(34-31-23)10-6-9-21(32)26-15-4-5-16-27-24-19-7-2-3-8-20(19)25(33)30-29-24/h2-3,7-8,11-14,20,27H,4-6,9-10,15-16H2,1H3,(H,26,32). The van der Waals surface area contributed by atoms with Crippen molar-refractivity contribution >= 4 is 11.8 Å². The van der Waals surface area contributed by atoms with Gasteiger partial charge in [-0.25, -0.2) is 0 Å². The molecule has 9 nitrogen and oxygen atoms in total. The Morgan fingerprint density at radius 3 is 2.74 bits per heavy atom. The second-order valence-corrected chi connectivity index (χ2v) is 8.28. The van der Waals surface area contributed by atoms with E-state index in [0.717, 1.165) is 24.0 Å². The maximum absolute atomic E-state index is 12.1. The molecule has 1 unspecified atom stereocenters. The van der Waals surface area contributed by atoms with Gasteiger partial charge in [-0.1, -0.05) is 59.3 Å². The predicted octanol–water partition coefficient (Wildman–Crippen LogP) is 3.80. The summed E-state index contributed by atoms with van der Waals surface area (Å²) in [4.78, 5) is 28.3. The smallest absolute Gasteiger partial charge is 0.276 e. The summed E-state index contributed by atoms with van der Waals surface area (Å²) in [6.45, 7) is 3.32. The van der Waals surface area contributed by atoms with Gasteiger partial charge in [-0.2, -0.15) is 4.98 Å². The average molecular weight is 461 g/mol. The summed E-state index contributed by atoms with van der Waals surface area (Å²) in [6, 6.07) is 7.94. The van der Waals surface area contributed by atoms with E-state index in [0.29, 0.717) is 49.9 Å². The lowest BCUT2D eigenvalue weighted by Gasteiger charge is -2.20. The molecule has 0 fully saturated rings. The Kier molecular flexibility index (Phi) is 7.75. The Morgan fingerprint density at radius 2 is 1.88 bits per heavy atom. The van der Waals surface area contributed by atoms with E-state index in [1.165, 1.54) is 5.56 Å². The summed E-state index contributed by atoms with van der Waals surface area (Å²) < 4.78 is 5.30. The fraction of sp³-hybridized carbons (Fsp3) is 0.360. The molecule has 0 spiro atoms. The van der Waals surface area contributed by atoms with E-state index >= 15 is 0 Å². The number of carbonyl (C=O) groups excluding carboxylic acids is 2. The first-order chi connectivity index (χ1) is 16.6. The van der Waals surface area contributed by atoms with Crippen LogP contribution in [-0.4, -0.2) is 35.0 Å². The van der Waals surface area contributed by atoms with E-state index in [1.807, 2.05) is 55.5 Å². The Bertz CT molecular complexity index is 1140. The van der Waals surface area contributed by atoms with Gasteiger partial charge in [0, 0.05) is 37.1 Å². The molecule has 1 aliphatic heterocycles. The molecule has 2 N–H and O–H groups in total. The van der Waals surface area contributed by atoms with Crippen molar-refractivity contribution in [2.24, 2.45) is 16.1 Å². The van der Waals surface area contributed by atoms with Crippen molar-refractivity contribution in [3.63, 3.8) is 0 Å². The fourth-order valence-corrected chi connectivity index (χ4v) is 3.69. The Balaban J connectivity index is 1.09. The lowest BCUT2D eigenvalue weighted by atomic mass is 9.93. The number of hydrogen-bond acceptors (Lipinski definition) is 7. The third kappa shape index (κ3) is 6.12. The van der Waals surface area contributed by atoms with Gasteiger partial charge in [-0.3, -0.25) is 9.59 Å². The molecule has 1 aliphatic carbocycles. The Labute approximate surface area is 198 Å². The number of azo groups is 1. The van der Waals surface area contributed by atoms with Gasteiger partial charge in [0.15, 0.2) is 5.82 Å². The number of hydrogen-bond donors (Lipinski definition) is 2. The minimum atomic E-state index is -0.342. The number of benzene rings is 1. The van der Waals surface area contributed by atoms with Crippen molar-refractivity contribution in [3.8, 4) is 11.4 Å². The first-order valence-electron chi connectivity index (χ1n) is 11.5. The van der Waals surface area contributed by atoms with Gasteiger partial charge in [0.25, 0.3) is 5.91 Å². The lowest BCUT2D eigenvalue weighted by molar-refractivity contribution is -0.121. The zero-order chi connectivity index (χ0) is 23.8. The largest absolute Gasteiger partial charge is 0.368 e. The number of nitrogens with zero attached hydrogens (tertiary/aromatic N) is 4. The lowest BCUT2D eigenvalue weighted by Crippen LogP contribution is -2.26. The topological polar surface area (TPSA) is 122 Å². The van der Waals surface area contributed by atoms with Crippen molar-refractivity contribution in [1.82, 2.24) is 20.8 Å². The van der Waals surface area contributed by atoms with Gasteiger partial charge in [0.2, 0.25) is 17.6 Å². The Morgan fingerprint density at radius 1 is 1.06 bits per heavy atom. The number of nitrogens with one attached hydrogen (secondary N) is 2. The second-order valence-electron chi connectivity index (χ2n) is 8.28. The quantitative estimate of drug-likeness (QED) is 0.492. The third-order valence-electron chi connectivity index (χ3n) is 5.60. The maximum Gasteiger partial charge on any atom is 0.276 e. The van der Waals surface area contributed by atoms with Gasteiger partial charge < -0.3 is 15.2 Å². The number of aromatic nitrogens is 2. The second kappa shape index (κ2) is 11.3. The fourth-order valence-electron chi connectivity index (χ4n) is 3.69. The molecule has 1 aromatic carbocycles. The van der Waals surface area contributed by atoms with Gasteiger partial charge in [-0.15, -0.1) is 10.2 Å². The van der Waals surface area contributed by atoms with Crippen LogP contribution < -0.4 is 10.6 Å². The van der Waals surface area contributed by atoms with Gasteiger partial charge in [-0.05, 0) is 26.2 Å². The molecule has 2 aliphatic rings. The molecule has 2 heterocycles. The highest BCUT2D eigenvalue weighted by molar-refractivity contribution is 5.86. The molecule has 2 aromatic rings. The average Bonchev–Trinajstić information content (AvgIpc) is 3.32. The van der Waals surface area contributed by atoms with Crippen LogP contribution in [0.3, 0.4) is 0 Å². The zero-order valence-corrected chi connectivity index (χ0v) is 19.2. The van der Waals surface area contributed by atoms with E-state index < -0.39 is 0 Å². The predicted molar refractivity (Wildman–Crippen MR) is 126 cm³/mol. The molecule has 34 heavy (non-hydrogen) atoms. The van der Waals surface area contributed by atoms with Crippen LogP contribution in [0.5, 0.6) is 0 Å².